The third-order valence-electron chi connectivity index (χ3n) is 3.93. The highest BCUT2D eigenvalue weighted by atomic mass is 32.2. The van der Waals surface area contributed by atoms with E-state index in [1.165, 1.54) is 48.5 Å². The van der Waals surface area contributed by atoms with E-state index in [1.807, 2.05) is 0 Å². The molecule has 0 atom stereocenters. The predicted octanol–water partition coefficient (Wildman–Crippen LogP) is 2.33. The lowest BCUT2D eigenvalue weighted by atomic mass is 10.2. The highest BCUT2D eigenvalue weighted by Gasteiger charge is 2.42. The monoisotopic (exact) mass is 456 g/mol. The number of nitrogens with zero attached hydrogens (tertiary/aromatic N) is 1. The predicted molar refractivity (Wildman–Crippen MR) is 103 cm³/mol. The zero-order chi connectivity index (χ0) is 21.9. The summed E-state index contributed by atoms with van der Waals surface area (Å²) in [5.74, 6) is -5.50. The molecule has 12 heteroatoms. The molecule has 0 aliphatic carbocycles. The summed E-state index contributed by atoms with van der Waals surface area (Å²) in [6.45, 7) is -1.69. The molecule has 0 radical (unpaired) electrons. The van der Waals surface area contributed by atoms with Crippen LogP contribution in [0.4, 0.5) is 14.5 Å². The maximum Gasteiger partial charge on any atom is 0.327 e. The molecule has 0 bridgehead atoms. The number of ether oxygens (including phenoxy) is 1. The zero-order valence-corrected chi connectivity index (χ0v) is 16.7. The van der Waals surface area contributed by atoms with Crippen LogP contribution in [-0.2, 0) is 24.3 Å². The third-order valence-corrected chi connectivity index (χ3v) is 6.50. The summed E-state index contributed by atoms with van der Waals surface area (Å²) in [7, 11) is -4.19. The number of alkyl halides is 2. The summed E-state index contributed by atoms with van der Waals surface area (Å²) in [4.78, 5) is 36.1. The highest BCUT2D eigenvalue weighted by Crippen LogP contribution is 2.32. The van der Waals surface area contributed by atoms with E-state index in [-0.39, 0.29) is 32.8 Å². The van der Waals surface area contributed by atoms with Gasteiger partial charge in [0.1, 0.15) is 11.4 Å². The fourth-order valence-electron chi connectivity index (χ4n) is 2.65. The van der Waals surface area contributed by atoms with Gasteiger partial charge in [-0.05, 0) is 24.3 Å². The summed E-state index contributed by atoms with van der Waals surface area (Å²) in [5, 5.41) is 2.33. The molecule has 8 nitrogen and oxygen atoms in total. The Kier molecular flexibility index (Phi) is 6.37. The van der Waals surface area contributed by atoms with E-state index in [2.05, 4.69) is 5.32 Å². The SMILES string of the molecule is O=C(COC(=O)CN1C(=O)c2ccccc2S1(=O)=O)Nc1ccccc1SC(F)F. The summed E-state index contributed by atoms with van der Waals surface area (Å²) in [6.07, 6.45) is 0. The van der Waals surface area contributed by atoms with Crippen LogP contribution in [0.2, 0.25) is 0 Å². The number of carbonyl (C=O) groups is 3. The van der Waals surface area contributed by atoms with Crippen molar-refractivity contribution >= 4 is 45.3 Å². The smallest absolute Gasteiger partial charge is 0.327 e. The molecule has 1 aliphatic rings. The van der Waals surface area contributed by atoms with Crippen LogP contribution in [0, 0.1) is 0 Å². The van der Waals surface area contributed by atoms with E-state index >= 15 is 0 Å². The van der Waals surface area contributed by atoms with Gasteiger partial charge in [0.25, 0.3) is 27.6 Å². The summed E-state index contributed by atoms with van der Waals surface area (Å²) in [6, 6.07) is 11.3. The number of anilines is 1. The lowest BCUT2D eigenvalue weighted by molar-refractivity contribution is -0.147. The van der Waals surface area contributed by atoms with E-state index in [1.54, 1.807) is 0 Å². The maximum atomic E-state index is 12.6. The molecule has 2 amide bonds. The Morgan fingerprint density at radius 3 is 2.47 bits per heavy atom. The van der Waals surface area contributed by atoms with Crippen molar-refractivity contribution in [2.45, 2.75) is 15.5 Å². The minimum absolute atomic E-state index is 0.0591. The number of fused-ring (bicyclic) bond motifs is 1. The minimum atomic E-state index is -4.19. The Labute approximate surface area is 174 Å². The lowest BCUT2D eigenvalue weighted by Crippen LogP contribution is -2.36. The average Bonchev–Trinajstić information content (AvgIpc) is 2.89. The summed E-state index contributed by atoms with van der Waals surface area (Å²) < 4.78 is 55.0. The molecular formula is C18H14F2N2O6S2. The fraction of sp³-hybridized carbons (Fsp3) is 0.167. The Balaban J connectivity index is 1.58. The Morgan fingerprint density at radius 2 is 1.77 bits per heavy atom. The average molecular weight is 456 g/mol. The number of esters is 1. The molecule has 1 N–H and O–H groups in total. The number of para-hydroxylation sites is 1. The van der Waals surface area contributed by atoms with Crippen LogP contribution in [-0.4, -0.2) is 49.4 Å². The number of halogens is 2. The molecule has 0 saturated heterocycles. The van der Waals surface area contributed by atoms with Crippen LogP contribution < -0.4 is 5.32 Å². The van der Waals surface area contributed by atoms with Gasteiger partial charge >= 0.3 is 5.97 Å². The second kappa shape index (κ2) is 8.79. The van der Waals surface area contributed by atoms with E-state index in [9.17, 15) is 31.6 Å². The number of carbonyl (C=O) groups excluding carboxylic acids is 3. The molecule has 3 rings (SSSR count). The second-order valence-corrected chi connectivity index (χ2v) is 8.76. The van der Waals surface area contributed by atoms with E-state index in [0.29, 0.717) is 4.31 Å². The largest absolute Gasteiger partial charge is 0.454 e. The molecule has 2 aromatic carbocycles. The first-order valence-corrected chi connectivity index (χ1v) is 10.7. The molecule has 0 spiro atoms. The first kappa shape index (κ1) is 21.7. The Morgan fingerprint density at radius 1 is 1.10 bits per heavy atom. The van der Waals surface area contributed by atoms with Gasteiger partial charge < -0.3 is 10.1 Å². The van der Waals surface area contributed by atoms with Crippen molar-refractivity contribution in [1.29, 1.82) is 0 Å². The van der Waals surface area contributed by atoms with Crippen molar-refractivity contribution in [2.24, 2.45) is 0 Å². The standard InChI is InChI=1S/C18H14F2N2O6S2/c19-18(20)29-13-7-3-2-6-12(13)21-15(23)10-28-16(24)9-22-17(25)11-5-1-4-8-14(11)30(22,26)27/h1-8,18H,9-10H2,(H,21,23). The van der Waals surface area contributed by atoms with Crippen LogP contribution in [0.1, 0.15) is 10.4 Å². The quantitative estimate of drug-likeness (QED) is 0.503. The minimum Gasteiger partial charge on any atom is -0.454 e. The normalized spacial score (nSPS) is 14.5. The maximum absolute atomic E-state index is 12.6. The lowest BCUT2D eigenvalue weighted by Gasteiger charge is -2.14. The van der Waals surface area contributed by atoms with Gasteiger partial charge in [-0.1, -0.05) is 36.0 Å². The zero-order valence-electron chi connectivity index (χ0n) is 15.1. The first-order valence-electron chi connectivity index (χ1n) is 8.35. The van der Waals surface area contributed by atoms with Gasteiger partial charge in [-0.15, -0.1) is 0 Å². The van der Waals surface area contributed by atoms with Gasteiger partial charge in [0.05, 0.1) is 11.3 Å². The Bertz CT molecular complexity index is 1110. The molecule has 1 aliphatic heterocycles. The molecule has 1 heterocycles. The van der Waals surface area contributed by atoms with Gasteiger partial charge in [0.2, 0.25) is 0 Å². The van der Waals surface area contributed by atoms with E-state index < -0.39 is 46.7 Å². The van der Waals surface area contributed by atoms with Crippen LogP contribution in [0.3, 0.4) is 0 Å². The van der Waals surface area contributed by atoms with Crippen LogP contribution in [0.15, 0.2) is 58.3 Å². The highest BCUT2D eigenvalue weighted by molar-refractivity contribution is 7.99. The molecule has 0 unspecified atom stereocenters. The summed E-state index contributed by atoms with van der Waals surface area (Å²) >= 11 is 0.240. The van der Waals surface area contributed by atoms with E-state index in [4.69, 9.17) is 4.74 Å². The van der Waals surface area contributed by atoms with Gasteiger partial charge in [-0.25, -0.2) is 12.7 Å². The van der Waals surface area contributed by atoms with Gasteiger partial charge in [0.15, 0.2) is 6.61 Å². The first-order chi connectivity index (χ1) is 14.2. The van der Waals surface area contributed by atoms with E-state index in [0.717, 1.165) is 0 Å². The molecule has 2 aromatic rings. The van der Waals surface area contributed by atoms with Crippen LogP contribution in [0.25, 0.3) is 0 Å². The molecule has 0 fully saturated rings. The number of thioether (sulfide) groups is 1. The van der Waals surface area contributed by atoms with Crippen molar-refractivity contribution in [3.63, 3.8) is 0 Å². The van der Waals surface area contributed by atoms with Crippen molar-refractivity contribution in [3.05, 3.63) is 54.1 Å². The number of amides is 2. The third kappa shape index (κ3) is 4.60. The number of nitrogens with one attached hydrogen (secondary N) is 1. The topological polar surface area (TPSA) is 110 Å². The van der Waals surface area contributed by atoms with Crippen molar-refractivity contribution < 1.29 is 36.3 Å². The second-order valence-electron chi connectivity index (χ2n) is 5.90. The molecule has 158 valence electrons. The van der Waals surface area contributed by atoms with Gasteiger partial charge in [-0.3, -0.25) is 14.4 Å². The molecular weight excluding hydrogens is 442 g/mol. The van der Waals surface area contributed by atoms with Gasteiger partial charge in [-0.2, -0.15) is 8.78 Å². The number of rotatable bonds is 7. The van der Waals surface area contributed by atoms with Crippen LogP contribution in [0.5, 0.6) is 0 Å². The number of sulfonamides is 1. The molecule has 0 saturated carbocycles. The Hall–Kier alpha value is -2.99. The van der Waals surface area contributed by atoms with Crippen molar-refractivity contribution in [3.8, 4) is 0 Å². The van der Waals surface area contributed by atoms with Gasteiger partial charge in [0, 0.05) is 4.90 Å². The molecule has 30 heavy (non-hydrogen) atoms. The molecule has 0 aromatic heterocycles. The van der Waals surface area contributed by atoms with Crippen molar-refractivity contribution in [1.82, 2.24) is 4.31 Å². The number of benzene rings is 2. The summed E-state index contributed by atoms with van der Waals surface area (Å²) in [5.41, 5.74) is 0.0489. The number of hydrogen-bond acceptors (Lipinski definition) is 7. The van der Waals surface area contributed by atoms with Crippen molar-refractivity contribution in [2.75, 3.05) is 18.5 Å². The number of hydrogen-bond donors (Lipinski definition) is 1. The van der Waals surface area contributed by atoms with Crippen LogP contribution >= 0.6 is 11.8 Å². The fourth-order valence-corrected chi connectivity index (χ4v) is 4.76.